The summed E-state index contributed by atoms with van der Waals surface area (Å²) in [6, 6.07) is -0.478. The molecule has 0 aromatic rings. The Kier molecular flexibility index (Phi) is 4.76. The summed E-state index contributed by atoms with van der Waals surface area (Å²) in [5.74, 6) is 0.270. The molecule has 2 saturated heterocycles. The molecule has 3 unspecified atom stereocenters. The number of morpholine rings is 1. The summed E-state index contributed by atoms with van der Waals surface area (Å²) in [5, 5.41) is 6.01. The van der Waals surface area contributed by atoms with E-state index in [2.05, 4.69) is 17.6 Å². The molecule has 0 radical (unpaired) electrons. The zero-order valence-corrected chi connectivity index (χ0v) is 11.6. The molecule has 2 fully saturated rings. The van der Waals surface area contributed by atoms with Crippen LogP contribution in [0, 0.1) is 11.8 Å². The molecule has 2 aliphatic heterocycles. The molecule has 0 aromatic carbocycles. The second-order valence-corrected chi connectivity index (χ2v) is 5.26. The predicted octanol–water partition coefficient (Wildman–Crippen LogP) is -0.795. The maximum absolute atomic E-state index is 12.6. The van der Waals surface area contributed by atoms with Crippen LogP contribution in [0.5, 0.6) is 0 Å². The van der Waals surface area contributed by atoms with Gasteiger partial charge in [-0.25, -0.2) is 0 Å². The lowest BCUT2D eigenvalue weighted by molar-refractivity contribution is -0.151. The van der Waals surface area contributed by atoms with E-state index in [0.29, 0.717) is 38.8 Å². The predicted molar refractivity (Wildman–Crippen MR) is 70.5 cm³/mol. The molecule has 2 rings (SSSR count). The van der Waals surface area contributed by atoms with E-state index < -0.39 is 6.04 Å². The van der Waals surface area contributed by atoms with E-state index in [4.69, 9.17) is 4.74 Å². The number of nitrogens with zero attached hydrogens (tertiary/aromatic N) is 1. The summed E-state index contributed by atoms with van der Waals surface area (Å²) >= 11 is 0. The Morgan fingerprint density at radius 1 is 1.42 bits per heavy atom. The fourth-order valence-corrected chi connectivity index (χ4v) is 2.73. The number of hydrogen-bond acceptors (Lipinski definition) is 4. The van der Waals surface area contributed by atoms with Crippen molar-refractivity contribution in [3.8, 4) is 0 Å². The highest BCUT2D eigenvalue weighted by atomic mass is 16.5. The van der Waals surface area contributed by atoms with Gasteiger partial charge in [-0.05, 0) is 19.4 Å². The molecule has 0 aromatic heterocycles. The third-order valence-electron chi connectivity index (χ3n) is 3.90. The van der Waals surface area contributed by atoms with Gasteiger partial charge in [-0.1, -0.05) is 6.92 Å². The van der Waals surface area contributed by atoms with Crippen LogP contribution in [0.3, 0.4) is 0 Å². The molecular formula is C13H23N3O3. The number of hydrogen-bond donors (Lipinski definition) is 2. The molecule has 108 valence electrons. The molecule has 19 heavy (non-hydrogen) atoms. The molecule has 3 atom stereocenters. The average Bonchev–Trinajstić information content (AvgIpc) is 2.84. The van der Waals surface area contributed by atoms with E-state index in [9.17, 15) is 9.59 Å². The Morgan fingerprint density at radius 2 is 2.21 bits per heavy atom. The number of nitrogens with one attached hydrogen (secondary N) is 2. The Balaban J connectivity index is 2.06. The summed E-state index contributed by atoms with van der Waals surface area (Å²) < 4.78 is 5.35. The van der Waals surface area contributed by atoms with Crippen molar-refractivity contribution in [2.24, 2.45) is 11.8 Å². The summed E-state index contributed by atoms with van der Waals surface area (Å²) in [4.78, 5) is 26.3. The van der Waals surface area contributed by atoms with Crippen LogP contribution in [0.25, 0.3) is 0 Å². The second-order valence-electron chi connectivity index (χ2n) is 5.26. The number of ether oxygens (including phenoxy) is 1. The molecule has 6 heteroatoms. The van der Waals surface area contributed by atoms with Crippen molar-refractivity contribution in [2.75, 3.05) is 39.4 Å². The van der Waals surface area contributed by atoms with Gasteiger partial charge in [0.25, 0.3) is 0 Å². The second kappa shape index (κ2) is 6.34. The SMILES string of the molecule is CCNC(=O)C1COCCN1C(=O)C1CNCC1C. The first-order valence-corrected chi connectivity index (χ1v) is 7.01. The Bertz CT molecular complexity index is 348. The average molecular weight is 269 g/mol. The van der Waals surface area contributed by atoms with E-state index >= 15 is 0 Å². The standard InChI is InChI=1S/C13H23N3O3/c1-3-15-12(17)11-8-19-5-4-16(11)13(18)10-7-14-6-9(10)2/h9-11,14H,3-8H2,1-2H3,(H,15,17). The summed E-state index contributed by atoms with van der Waals surface area (Å²) in [6.45, 7) is 7.40. The van der Waals surface area contributed by atoms with Crippen molar-refractivity contribution in [1.82, 2.24) is 15.5 Å². The molecule has 2 N–H and O–H groups in total. The third-order valence-corrected chi connectivity index (χ3v) is 3.90. The van der Waals surface area contributed by atoms with Crippen molar-refractivity contribution in [2.45, 2.75) is 19.9 Å². The minimum Gasteiger partial charge on any atom is -0.377 e. The van der Waals surface area contributed by atoms with Crippen molar-refractivity contribution in [3.63, 3.8) is 0 Å². The number of rotatable bonds is 3. The van der Waals surface area contributed by atoms with Gasteiger partial charge in [0.15, 0.2) is 0 Å². The first-order chi connectivity index (χ1) is 9.15. The van der Waals surface area contributed by atoms with Crippen LogP contribution < -0.4 is 10.6 Å². The normalized spacial score (nSPS) is 31.3. The lowest BCUT2D eigenvalue weighted by Crippen LogP contribution is -2.57. The fourth-order valence-electron chi connectivity index (χ4n) is 2.73. The van der Waals surface area contributed by atoms with Crippen LogP contribution in [-0.2, 0) is 14.3 Å². The first-order valence-electron chi connectivity index (χ1n) is 7.01. The molecule has 2 aliphatic rings. The lowest BCUT2D eigenvalue weighted by atomic mass is 9.95. The topological polar surface area (TPSA) is 70.7 Å². The molecule has 0 aliphatic carbocycles. The van der Waals surface area contributed by atoms with Crippen molar-refractivity contribution in [1.29, 1.82) is 0 Å². The number of likely N-dealkylation sites (N-methyl/N-ethyl adjacent to an activating group) is 1. The number of carbonyl (C=O) groups is 2. The molecule has 0 spiro atoms. The smallest absolute Gasteiger partial charge is 0.245 e. The quantitative estimate of drug-likeness (QED) is 0.704. The maximum atomic E-state index is 12.6. The minimum absolute atomic E-state index is 0.0185. The van der Waals surface area contributed by atoms with Gasteiger partial charge in [0.1, 0.15) is 6.04 Å². The van der Waals surface area contributed by atoms with Gasteiger partial charge >= 0.3 is 0 Å². The summed E-state index contributed by atoms with van der Waals surface area (Å²) in [7, 11) is 0. The van der Waals surface area contributed by atoms with Gasteiger partial charge in [-0.3, -0.25) is 9.59 Å². The van der Waals surface area contributed by atoms with Gasteiger partial charge in [0, 0.05) is 19.6 Å². The number of carbonyl (C=O) groups excluding carboxylic acids is 2. The zero-order chi connectivity index (χ0) is 13.8. The summed E-state index contributed by atoms with van der Waals surface area (Å²) in [5.41, 5.74) is 0. The van der Waals surface area contributed by atoms with Crippen LogP contribution in [0.1, 0.15) is 13.8 Å². The Morgan fingerprint density at radius 3 is 2.84 bits per heavy atom. The Hall–Kier alpha value is -1.14. The lowest BCUT2D eigenvalue weighted by Gasteiger charge is -2.36. The molecule has 2 amide bonds. The number of amides is 2. The monoisotopic (exact) mass is 269 g/mol. The van der Waals surface area contributed by atoms with E-state index in [0.717, 1.165) is 6.54 Å². The molecular weight excluding hydrogens is 246 g/mol. The zero-order valence-electron chi connectivity index (χ0n) is 11.6. The van der Waals surface area contributed by atoms with Crippen molar-refractivity contribution >= 4 is 11.8 Å². The van der Waals surface area contributed by atoms with Crippen LogP contribution in [0.15, 0.2) is 0 Å². The molecule has 0 bridgehead atoms. The van der Waals surface area contributed by atoms with Crippen LogP contribution >= 0.6 is 0 Å². The highest BCUT2D eigenvalue weighted by Crippen LogP contribution is 2.21. The van der Waals surface area contributed by atoms with Gasteiger partial charge in [0.05, 0.1) is 19.1 Å². The molecule has 6 nitrogen and oxygen atoms in total. The van der Waals surface area contributed by atoms with Crippen molar-refractivity contribution in [3.05, 3.63) is 0 Å². The van der Waals surface area contributed by atoms with Gasteiger partial charge in [-0.15, -0.1) is 0 Å². The first kappa shape index (κ1) is 14.3. The Labute approximate surface area is 113 Å². The fraction of sp³-hybridized carbons (Fsp3) is 0.846. The van der Waals surface area contributed by atoms with E-state index in [1.807, 2.05) is 6.92 Å². The van der Waals surface area contributed by atoms with Crippen molar-refractivity contribution < 1.29 is 14.3 Å². The van der Waals surface area contributed by atoms with Crippen LogP contribution in [0.2, 0.25) is 0 Å². The third kappa shape index (κ3) is 3.06. The summed E-state index contributed by atoms with van der Waals surface area (Å²) in [6.07, 6.45) is 0. The van der Waals surface area contributed by atoms with Gasteiger partial charge in [-0.2, -0.15) is 0 Å². The van der Waals surface area contributed by atoms with Crippen LogP contribution in [-0.4, -0.2) is 62.1 Å². The van der Waals surface area contributed by atoms with Gasteiger partial charge in [0.2, 0.25) is 11.8 Å². The highest BCUT2D eigenvalue weighted by molar-refractivity contribution is 5.89. The van der Waals surface area contributed by atoms with E-state index in [1.54, 1.807) is 4.90 Å². The maximum Gasteiger partial charge on any atom is 0.245 e. The largest absolute Gasteiger partial charge is 0.377 e. The van der Waals surface area contributed by atoms with Crippen LogP contribution in [0.4, 0.5) is 0 Å². The molecule has 2 heterocycles. The molecule has 0 saturated carbocycles. The van der Waals surface area contributed by atoms with Gasteiger partial charge < -0.3 is 20.3 Å². The highest BCUT2D eigenvalue weighted by Gasteiger charge is 2.39. The van der Waals surface area contributed by atoms with E-state index in [-0.39, 0.29) is 17.7 Å². The minimum atomic E-state index is -0.478. The van der Waals surface area contributed by atoms with E-state index in [1.165, 1.54) is 0 Å².